The van der Waals surface area contributed by atoms with Gasteiger partial charge in [0.15, 0.2) is 0 Å². The molecule has 0 amide bonds. The summed E-state index contributed by atoms with van der Waals surface area (Å²) in [6, 6.07) is 0. The van der Waals surface area contributed by atoms with Crippen molar-refractivity contribution in [3.63, 3.8) is 0 Å². The topological polar surface area (TPSA) is 44.5 Å². The van der Waals surface area contributed by atoms with E-state index in [9.17, 15) is 0 Å². The molecule has 0 aliphatic heterocycles. The summed E-state index contributed by atoms with van der Waals surface area (Å²) in [4.78, 5) is 0. The Hall–Kier alpha value is -0.960. The fourth-order valence-electron chi connectivity index (χ4n) is 1.23. The van der Waals surface area contributed by atoms with Crippen molar-refractivity contribution in [2.24, 2.45) is 11.7 Å². The summed E-state index contributed by atoms with van der Waals surface area (Å²) >= 11 is 0. The molecular weight excluding hydrogens is 154 g/mol. The monoisotopic (exact) mass is 169 g/mol. The summed E-state index contributed by atoms with van der Waals surface area (Å²) in [5, 5.41) is 0. The number of rotatable bonds is 3. The molecule has 0 radical (unpaired) electrons. The average Bonchev–Trinajstić information content (AvgIpc) is 2.16. The van der Waals surface area contributed by atoms with E-state index in [1.54, 1.807) is 14.2 Å². The number of nitrogens with two attached hydrogens (primary N) is 1. The zero-order chi connectivity index (χ0) is 8.97. The lowest BCUT2D eigenvalue weighted by Gasteiger charge is -2.18. The van der Waals surface area contributed by atoms with Gasteiger partial charge in [0.05, 0.1) is 32.2 Å². The molecule has 68 valence electrons. The van der Waals surface area contributed by atoms with Gasteiger partial charge in [0, 0.05) is 12.5 Å². The second-order valence-corrected chi connectivity index (χ2v) is 2.75. The summed E-state index contributed by atoms with van der Waals surface area (Å²) in [7, 11) is 3.33. The van der Waals surface area contributed by atoms with Crippen molar-refractivity contribution >= 4 is 0 Å². The van der Waals surface area contributed by atoms with Crippen molar-refractivity contribution in [3.05, 3.63) is 23.7 Å². The third-order valence-corrected chi connectivity index (χ3v) is 1.94. The molecule has 0 saturated carbocycles. The predicted octanol–water partition coefficient (Wildman–Crippen LogP) is 1.03. The van der Waals surface area contributed by atoms with Crippen LogP contribution in [-0.4, -0.2) is 20.8 Å². The highest BCUT2D eigenvalue weighted by Crippen LogP contribution is 2.22. The first-order chi connectivity index (χ1) is 5.80. The Morgan fingerprint density at radius 2 is 1.83 bits per heavy atom. The van der Waals surface area contributed by atoms with Crippen LogP contribution in [0.25, 0.3) is 0 Å². The van der Waals surface area contributed by atoms with Crippen molar-refractivity contribution in [3.8, 4) is 0 Å². The Morgan fingerprint density at radius 1 is 1.33 bits per heavy atom. The smallest absolute Gasteiger partial charge is 0.0997 e. The Balaban J connectivity index is 2.67. The maximum atomic E-state index is 5.54. The second-order valence-electron chi connectivity index (χ2n) is 2.75. The van der Waals surface area contributed by atoms with Gasteiger partial charge in [0.25, 0.3) is 0 Å². The standard InChI is InChI=1S/C9H15NO2/c1-11-8-3-7(6-10)4-9(5-8)12-2/h3-4,7H,5-6,10H2,1-2H3. The molecule has 0 spiro atoms. The molecule has 0 aromatic rings. The zero-order valence-corrected chi connectivity index (χ0v) is 7.54. The maximum absolute atomic E-state index is 5.54. The molecule has 3 nitrogen and oxygen atoms in total. The maximum Gasteiger partial charge on any atom is 0.0997 e. The van der Waals surface area contributed by atoms with Crippen molar-refractivity contribution in [1.29, 1.82) is 0 Å². The van der Waals surface area contributed by atoms with Gasteiger partial charge in [-0.05, 0) is 12.2 Å². The van der Waals surface area contributed by atoms with Gasteiger partial charge >= 0.3 is 0 Å². The third-order valence-electron chi connectivity index (χ3n) is 1.94. The number of methoxy groups -OCH3 is 2. The highest BCUT2D eigenvalue weighted by Gasteiger charge is 2.13. The van der Waals surface area contributed by atoms with E-state index in [0.717, 1.165) is 17.9 Å². The van der Waals surface area contributed by atoms with Crippen molar-refractivity contribution in [2.75, 3.05) is 20.8 Å². The molecule has 0 atom stereocenters. The molecular formula is C9H15NO2. The predicted molar refractivity (Wildman–Crippen MR) is 47.3 cm³/mol. The Morgan fingerprint density at radius 3 is 2.17 bits per heavy atom. The Bertz CT molecular complexity index is 189. The molecule has 0 aromatic carbocycles. The van der Waals surface area contributed by atoms with Gasteiger partial charge in [0.1, 0.15) is 0 Å². The van der Waals surface area contributed by atoms with Gasteiger partial charge < -0.3 is 15.2 Å². The summed E-state index contributed by atoms with van der Waals surface area (Å²) < 4.78 is 10.3. The van der Waals surface area contributed by atoms with Crippen LogP contribution in [-0.2, 0) is 9.47 Å². The molecule has 1 aliphatic rings. The van der Waals surface area contributed by atoms with Gasteiger partial charge in [-0.3, -0.25) is 0 Å². The SMILES string of the molecule is COC1=CC(CN)C=C(OC)C1. The lowest BCUT2D eigenvalue weighted by atomic mass is 10.0. The van der Waals surface area contributed by atoms with Gasteiger partial charge in [-0.25, -0.2) is 0 Å². The van der Waals surface area contributed by atoms with E-state index in [0.29, 0.717) is 6.54 Å². The summed E-state index contributed by atoms with van der Waals surface area (Å²) in [5.74, 6) is 2.12. The molecule has 0 unspecified atom stereocenters. The highest BCUT2D eigenvalue weighted by molar-refractivity contribution is 5.18. The van der Waals surface area contributed by atoms with Crippen molar-refractivity contribution < 1.29 is 9.47 Å². The van der Waals surface area contributed by atoms with E-state index in [1.807, 2.05) is 12.2 Å². The minimum atomic E-state index is 0.253. The van der Waals surface area contributed by atoms with Crippen LogP contribution in [0.5, 0.6) is 0 Å². The third kappa shape index (κ3) is 2.01. The van der Waals surface area contributed by atoms with Crippen LogP contribution in [0.1, 0.15) is 6.42 Å². The molecule has 0 aromatic heterocycles. The fourth-order valence-corrected chi connectivity index (χ4v) is 1.23. The van der Waals surface area contributed by atoms with Crippen LogP contribution < -0.4 is 5.73 Å². The zero-order valence-electron chi connectivity index (χ0n) is 7.54. The van der Waals surface area contributed by atoms with E-state index in [1.165, 1.54) is 0 Å². The molecule has 0 heterocycles. The lowest BCUT2D eigenvalue weighted by Crippen LogP contribution is -2.15. The number of hydrogen-bond donors (Lipinski definition) is 1. The molecule has 12 heavy (non-hydrogen) atoms. The van der Waals surface area contributed by atoms with Gasteiger partial charge in [-0.1, -0.05) is 0 Å². The first-order valence-corrected chi connectivity index (χ1v) is 3.99. The average molecular weight is 169 g/mol. The summed E-state index contributed by atoms with van der Waals surface area (Å²) in [6.07, 6.45) is 4.80. The quantitative estimate of drug-likeness (QED) is 0.686. The van der Waals surface area contributed by atoms with Crippen LogP contribution in [0.2, 0.25) is 0 Å². The van der Waals surface area contributed by atoms with E-state index >= 15 is 0 Å². The van der Waals surface area contributed by atoms with Crippen molar-refractivity contribution in [1.82, 2.24) is 0 Å². The largest absolute Gasteiger partial charge is 0.501 e. The minimum absolute atomic E-state index is 0.253. The van der Waals surface area contributed by atoms with E-state index in [4.69, 9.17) is 15.2 Å². The van der Waals surface area contributed by atoms with Gasteiger partial charge in [0.2, 0.25) is 0 Å². The normalized spacial score (nSPS) is 18.2. The second kappa shape index (κ2) is 4.16. The Labute approximate surface area is 72.8 Å². The molecule has 0 bridgehead atoms. The first kappa shape index (κ1) is 9.13. The van der Waals surface area contributed by atoms with Crippen LogP contribution in [0.4, 0.5) is 0 Å². The lowest BCUT2D eigenvalue weighted by molar-refractivity contribution is 0.229. The van der Waals surface area contributed by atoms with Gasteiger partial charge in [-0.2, -0.15) is 0 Å². The molecule has 3 heteroatoms. The minimum Gasteiger partial charge on any atom is -0.501 e. The van der Waals surface area contributed by atoms with E-state index < -0.39 is 0 Å². The highest BCUT2D eigenvalue weighted by atomic mass is 16.5. The molecule has 0 fully saturated rings. The molecule has 2 N–H and O–H groups in total. The number of hydrogen-bond acceptors (Lipinski definition) is 3. The summed E-state index contributed by atoms with van der Waals surface area (Å²) in [5.41, 5.74) is 5.54. The summed E-state index contributed by atoms with van der Waals surface area (Å²) in [6.45, 7) is 0.597. The first-order valence-electron chi connectivity index (χ1n) is 3.99. The van der Waals surface area contributed by atoms with E-state index in [2.05, 4.69) is 0 Å². The van der Waals surface area contributed by atoms with Crippen molar-refractivity contribution in [2.45, 2.75) is 6.42 Å². The molecule has 1 aliphatic carbocycles. The fraction of sp³-hybridized carbons (Fsp3) is 0.556. The number of ether oxygens (including phenoxy) is 2. The van der Waals surface area contributed by atoms with E-state index in [-0.39, 0.29) is 5.92 Å². The van der Waals surface area contributed by atoms with Crippen LogP contribution >= 0.6 is 0 Å². The van der Waals surface area contributed by atoms with Crippen LogP contribution in [0.3, 0.4) is 0 Å². The Kier molecular flexibility index (Phi) is 3.17. The molecule has 0 saturated heterocycles. The van der Waals surface area contributed by atoms with Crippen LogP contribution in [0, 0.1) is 5.92 Å². The molecule has 1 rings (SSSR count). The van der Waals surface area contributed by atoms with Gasteiger partial charge in [-0.15, -0.1) is 0 Å². The van der Waals surface area contributed by atoms with Crippen LogP contribution in [0.15, 0.2) is 23.7 Å².